The van der Waals surface area contributed by atoms with Gasteiger partial charge in [0.2, 0.25) is 5.91 Å². The van der Waals surface area contributed by atoms with E-state index in [1.54, 1.807) is 11.8 Å². The van der Waals surface area contributed by atoms with Gasteiger partial charge in [-0.15, -0.1) is 11.3 Å². The van der Waals surface area contributed by atoms with Crippen LogP contribution < -0.4 is 10.6 Å². The highest BCUT2D eigenvalue weighted by atomic mass is 32.1. The van der Waals surface area contributed by atoms with Crippen molar-refractivity contribution in [3.05, 3.63) is 11.1 Å². The first kappa shape index (κ1) is 15.8. The third-order valence-electron chi connectivity index (χ3n) is 3.92. The number of rotatable bonds is 3. The van der Waals surface area contributed by atoms with E-state index in [1.807, 2.05) is 19.4 Å². The summed E-state index contributed by atoms with van der Waals surface area (Å²) in [7, 11) is 1.85. The van der Waals surface area contributed by atoms with Crippen molar-refractivity contribution >= 4 is 28.4 Å². The van der Waals surface area contributed by atoms with E-state index in [0.717, 1.165) is 31.4 Å². The van der Waals surface area contributed by atoms with E-state index >= 15 is 0 Å². The van der Waals surface area contributed by atoms with Gasteiger partial charge < -0.3 is 10.2 Å². The Morgan fingerprint density at radius 1 is 1.33 bits per heavy atom. The molecular formula is C14H22N4O2S. The topological polar surface area (TPSA) is 74.3 Å². The molecule has 0 saturated heterocycles. The summed E-state index contributed by atoms with van der Waals surface area (Å²) in [5, 5.41) is 8.26. The van der Waals surface area contributed by atoms with Crippen LogP contribution in [-0.4, -0.2) is 41.0 Å². The Kier molecular flexibility index (Phi) is 5.17. The van der Waals surface area contributed by atoms with Crippen LogP contribution in [-0.2, 0) is 4.79 Å². The SMILES string of the molecule is CC(=O)N(C)[C@H]1CC[C@H](NC(=O)Nc2nc(C)cs2)CC1. The summed E-state index contributed by atoms with van der Waals surface area (Å²) in [6, 6.07) is 0.264. The van der Waals surface area contributed by atoms with Crippen molar-refractivity contribution in [2.24, 2.45) is 0 Å². The molecule has 2 N–H and O–H groups in total. The lowest BCUT2D eigenvalue weighted by Crippen LogP contribution is -2.45. The van der Waals surface area contributed by atoms with E-state index in [1.165, 1.54) is 11.3 Å². The minimum atomic E-state index is -0.201. The van der Waals surface area contributed by atoms with Crippen LogP contribution >= 0.6 is 11.3 Å². The van der Waals surface area contributed by atoms with E-state index in [2.05, 4.69) is 15.6 Å². The van der Waals surface area contributed by atoms with E-state index < -0.39 is 0 Å². The molecule has 1 aliphatic rings. The Bertz CT molecular complexity index is 509. The first-order valence-electron chi connectivity index (χ1n) is 7.18. The second kappa shape index (κ2) is 6.89. The van der Waals surface area contributed by atoms with Crippen molar-refractivity contribution in [1.82, 2.24) is 15.2 Å². The third kappa shape index (κ3) is 4.42. The predicted octanol–water partition coefficient (Wildman–Crippen LogP) is 2.36. The van der Waals surface area contributed by atoms with E-state index in [0.29, 0.717) is 11.2 Å². The molecule has 1 saturated carbocycles. The summed E-state index contributed by atoms with van der Waals surface area (Å²) in [6.45, 7) is 3.49. The molecule has 1 fully saturated rings. The third-order valence-corrected chi connectivity index (χ3v) is 4.79. The second-order valence-corrected chi connectivity index (χ2v) is 6.39. The number of hydrogen-bond donors (Lipinski definition) is 2. The lowest BCUT2D eigenvalue weighted by molar-refractivity contribution is -0.130. The second-order valence-electron chi connectivity index (χ2n) is 5.53. The highest BCUT2D eigenvalue weighted by Gasteiger charge is 2.26. The molecule has 116 valence electrons. The predicted molar refractivity (Wildman–Crippen MR) is 83.5 cm³/mol. The molecule has 1 aromatic rings. The number of urea groups is 1. The smallest absolute Gasteiger partial charge is 0.321 e. The van der Waals surface area contributed by atoms with Gasteiger partial charge in [-0.05, 0) is 32.6 Å². The Balaban J connectivity index is 1.75. The van der Waals surface area contributed by atoms with Crippen LogP contribution in [0.4, 0.5) is 9.93 Å². The fourth-order valence-corrected chi connectivity index (χ4v) is 3.28. The number of thiazole rings is 1. The van der Waals surface area contributed by atoms with Gasteiger partial charge in [0.05, 0.1) is 5.69 Å². The number of amides is 3. The first-order chi connectivity index (χ1) is 9.95. The molecule has 1 aromatic heterocycles. The fourth-order valence-electron chi connectivity index (χ4n) is 2.59. The summed E-state index contributed by atoms with van der Waals surface area (Å²) in [5.41, 5.74) is 0.906. The summed E-state index contributed by atoms with van der Waals surface area (Å²) >= 11 is 1.42. The summed E-state index contributed by atoms with van der Waals surface area (Å²) < 4.78 is 0. The molecule has 1 heterocycles. The minimum Gasteiger partial charge on any atom is -0.343 e. The maximum absolute atomic E-state index is 11.9. The van der Waals surface area contributed by atoms with Gasteiger partial charge in [0.25, 0.3) is 0 Å². The van der Waals surface area contributed by atoms with Crippen molar-refractivity contribution < 1.29 is 9.59 Å². The zero-order valence-electron chi connectivity index (χ0n) is 12.7. The van der Waals surface area contributed by atoms with Crippen molar-refractivity contribution in [2.45, 2.75) is 51.6 Å². The lowest BCUT2D eigenvalue weighted by atomic mass is 9.90. The molecule has 7 heteroatoms. The highest BCUT2D eigenvalue weighted by molar-refractivity contribution is 7.13. The largest absolute Gasteiger partial charge is 0.343 e. The average Bonchev–Trinajstić information content (AvgIpc) is 2.83. The molecule has 21 heavy (non-hydrogen) atoms. The number of carbonyl (C=O) groups excluding carboxylic acids is 2. The summed E-state index contributed by atoms with van der Waals surface area (Å²) in [4.78, 5) is 29.2. The van der Waals surface area contributed by atoms with Gasteiger partial charge >= 0.3 is 6.03 Å². The Morgan fingerprint density at radius 2 is 2.00 bits per heavy atom. The van der Waals surface area contributed by atoms with Gasteiger partial charge in [-0.3, -0.25) is 10.1 Å². The molecule has 1 aliphatic carbocycles. The van der Waals surface area contributed by atoms with Crippen molar-refractivity contribution in [3.63, 3.8) is 0 Å². The molecular weight excluding hydrogens is 288 g/mol. The molecule has 3 amide bonds. The Hall–Kier alpha value is -1.63. The molecule has 2 rings (SSSR count). The Labute approximate surface area is 128 Å². The van der Waals surface area contributed by atoms with Crippen molar-refractivity contribution in [3.8, 4) is 0 Å². The maximum atomic E-state index is 11.9. The van der Waals surface area contributed by atoms with Gasteiger partial charge in [0.15, 0.2) is 5.13 Å². The van der Waals surface area contributed by atoms with Crippen LogP contribution in [0.25, 0.3) is 0 Å². The van der Waals surface area contributed by atoms with Crippen LogP contribution in [0.5, 0.6) is 0 Å². The lowest BCUT2D eigenvalue weighted by Gasteiger charge is -2.34. The molecule has 0 radical (unpaired) electrons. The molecule has 0 aromatic carbocycles. The van der Waals surface area contributed by atoms with Gasteiger partial charge in [-0.1, -0.05) is 0 Å². The van der Waals surface area contributed by atoms with Crippen LogP contribution in [0.3, 0.4) is 0 Å². The maximum Gasteiger partial charge on any atom is 0.321 e. The molecule has 0 spiro atoms. The molecule has 0 unspecified atom stereocenters. The first-order valence-corrected chi connectivity index (χ1v) is 8.06. The van der Waals surface area contributed by atoms with Crippen LogP contribution in [0, 0.1) is 6.92 Å². The highest BCUT2D eigenvalue weighted by Crippen LogP contribution is 2.22. The fraction of sp³-hybridized carbons (Fsp3) is 0.643. The van der Waals surface area contributed by atoms with Crippen LogP contribution in [0.15, 0.2) is 5.38 Å². The molecule has 0 aliphatic heterocycles. The van der Waals surface area contributed by atoms with Gasteiger partial charge in [0.1, 0.15) is 0 Å². The summed E-state index contributed by atoms with van der Waals surface area (Å²) in [5.74, 6) is 0.100. The van der Waals surface area contributed by atoms with Crippen molar-refractivity contribution in [2.75, 3.05) is 12.4 Å². The standard InChI is InChI=1S/C14H22N4O2S/c1-9-8-21-14(15-9)17-13(20)16-11-4-6-12(7-5-11)18(3)10(2)19/h8,11-12H,4-7H2,1-3H3,(H2,15,16,17,20)/t11-,12-. The number of aromatic nitrogens is 1. The quantitative estimate of drug-likeness (QED) is 0.900. The average molecular weight is 310 g/mol. The van der Waals surface area contributed by atoms with Crippen molar-refractivity contribution in [1.29, 1.82) is 0 Å². The van der Waals surface area contributed by atoms with Gasteiger partial charge in [0, 0.05) is 31.4 Å². The van der Waals surface area contributed by atoms with Crippen LogP contribution in [0.1, 0.15) is 38.3 Å². The number of carbonyl (C=O) groups is 2. The zero-order valence-corrected chi connectivity index (χ0v) is 13.5. The minimum absolute atomic E-state index is 0.100. The van der Waals surface area contributed by atoms with E-state index in [4.69, 9.17) is 0 Å². The number of nitrogens with zero attached hydrogens (tertiary/aromatic N) is 2. The molecule has 0 bridgehead atoms. The normalized spacial score (nSPS) is 21.7. The van der Waals surface area contributed by atoms with E-state index in [9.17, 15) is 9.59 Å². The van der Waals surface area contributed by atoms with Gasteiger partial charge in [-0.2, -0.15) is 0 Å². The Morgan fingerprint density at radius 3 is 2.52 bits per heavy atom. The molecule has 0 atom stereocenters. The van der Waals surface area contributed by atoms with Crippen LogP contribution in [0.2, 0.25) is 0 Å². The van der Waals surface area contributed by atoms with Gasteiger partial charge in [-0.25, -0.2) is 9.78 Å². The number of hydrogen-bond acceptors (Lipinski definition) is 4. The summed E-state index contributed by atoms with van der Waals surface area (Å²) in [6.07, 6.45) is 3.65. The number of anilines is 1. The molecule has 6 nitrogen and oxygen atoms in total. The zero-order chi connectivity index (χ0) is 15.4. The number of aryl methyl sites for hydroxylation is 1. The monoisotopic (exact) mass is 310 g/mol. The number of nitrogens with one attached hydrogen (secondary N) is 2. The van der Waals surface area contributed by atoms with E-state index in [-0.39, 0.29) is 18.0 Å².